The lowest BCUT2D eigenvalue weighted by atomic mass is 10.1. The molecule has 0 fully saturated rings. The van der Waals surface area contributed by atoms with E-state index in [1.54, 1.807) is 6.20 Å². The number of anilines is 1. The number of amides is 1. The van der Waals surface area contributed by atoms with Gasteiger partial charge in [0, 0.05) is 29.8 Å². The lowest BCUT2D eigenvalue weighted by molar-refractivity contribution is 0.102. The molecule has 2 N–H and O–H groups in total. The summed E-state index contributed by atoms with van der Waals surface area (Å²) in [7, 11) is 0. The Balaban J connectivity index is 1.53. The van der Waals surface area contributed by atoms with Gasteiger partial charge in [0.1, 0.15) is 0 Å². The number of aromatic nitrogens is 5. The number of carbonyl (C=O) groups excluding carboxylic acids is 1. The summed E-state index contributed by atoms with van der Waals surface area (Å²) in [5.74, 6) is 0.622. The third-order valence-corrected chi connectivity index (χ3v) is 5.00. The predicted octanol–water partition coefficient (Wildman–Crippen LogP) is 4.26. The monoisotopic (exact) mass is 424 g/mol. The summed E-state index contributed by atoms with van der Waals surface area (Å²) in [6, 6.07) is 9.37. The van der Waals surface area contributed by atoms with Crippen molar-refractivity contribution in [1.82, 2.24) is 24.6 Å². The molecular formula is C19H17BrN6O. The summed E-state index contributed by atoms with van der Waals surface area (Å²) in [5, 5.41) is 9.90. The quantitative estimate of drug-likeness (QED) is 0.512. The molecule has 0 saturated carbocycles. The van der Waals surface area contributed by atoms with Crippen LogP contribution in [0.3, 0.4) is 0 Å². The smallest absolute Gasteiger partial charge is 0.277 e. The SMILES string of the molecule is CC(C)c1[nH]nc(C(=O)Nc2ccc(-c3cn4cccnc4n3)cc2)c1Br. The molecule has 0 saturated heterocycles. The molecule has 4 aromatic rings. The van der Waals surface area contributed by atoms with Crippen molar-refractivity contribution in [3.8, 4) is 11.3 Å². The maximum absolute atomic E-state index is 12.5. The van der Waals surface area contributed by atoms with Crippen molar-refractivity contribution in [2.45, 2.75) is 19.8 Å². The van der Waals surface area contributed by atoms with Gasteiger partial charge in [0.15, 0.2) is 5.69 Å². The highest BCUT2D eigenvalue weighted by atomic mass is 79.9. The Morgan fingerprint density at radius 2 is 2.04 bits per heavy atom. The molecule has 0 radical (unpaired) electrons. The van der Waals surface area contributed by atoms with Crippen LogP contribution in [0.4, 0.5) is 5.69 Å². The number of nitrogens with zero attached hydrogens (tertiary/aromatic N) is 4. The molecule has 4 rings (SSSR count). The third kappa shape index (κ3) is 3.35. The molecule has 1 amide bonds. The molecule has 7 nitrogen and oxygen atoms in total. The standard InChI is InChI=1S/C19H17BrN6O/c1-11(2)16-15(20)17(25-24-16)18(27)22-13-6-4-12(5-7-13)14-10-26-9-3-8-21-19(26)23-14/h3-11H,1-2H3,(H,22,27)(H,24,25). The molecule has 8 heteroatoms. The number of aromatic amines is 1. The number of imidazole rings is 1. The summed E-state index contributed by atoms with van der Waals surface area (Å²) in [6.45, 7) is 4.07. The summed E-state index contributed by atoms with van der Waals surface area (Å²) in [4.78, 5) is 21.2. The molecular weight excluding hydrogens is 408 g/mol. The van der Waals surface area contributed by atoms with Crippen molar-refractivity contribution in [3.63, 3.8) is 0 Å². The molecule has 3 heterocycles. The Bertz CT molecular complexity index is 1080. The summed E-state index contributed by atoms with van der Waals surface area (Å²) >= 11 is 3.45. The molecule has 0 unspecified atom stereocenters. The molecule has 0 bridgehead atoms. The number of hydrogen-bond acceptors (Lipinski definition) is 4. The van der Waals surface area contributed by atoms with Crippen LogP contribution >= 0.6 is 15.9 Å². The van der Waals surface area contributed by atoms with E-state index in [1.165, 1.54) is 0 Å². The normalized spacial score (nSPS) is 11.3. The highest BCUT2D eigenvalue weighted by Crippen LogP contribution is 2.26. The topological polar surface area (TPSA) is 88.0 Å². The summed E-state index contributed by atoms with van der Waals surface area (Å²) in [5.41, 5.74) is 3.70. The largest absolute Gasteiger partial charge is 0.321 e. The van der Waals surface area contributed by atoms with Gasteiger partial charge < -0.3 is 5.32 Å². The van der Waals surface area contributed by atoms with Gasteiger partial charge in [0.05, 0.1) is 15.9 Å². The van der Waals surface area contributed by atoms with E-state index in [4.69, 9.17) is 0 Å². The second-order valence-electron chi connectivity index (χ2n) is 6.44. The van der Waals surface area contributed by atoms with Crippen LogP contribution in [0.1, 0.15) is 35.9 Å². The van der Waals surface area contributed by atoms with Crippen LogP contribution in [0, 0.1) is 0 Å². The number of hydrogen-bond donors (Lipinski definition) is 2. The Kier molecular flexibility index (Phi) is 4.49. The van der Waals surface area contributed by atoms with Crippen LogP contribution in [0.15, 0.2) is 53.4 Å². The van der Waals surface area contributed by atoms with Crippen molar-refractivity contribution in [3.05, 3.63) is 64.8 Å². The molecule has 0 aliphatic rings. The van der Waals surface area contributed by atoms with Gasteiger partial charge >= 0.3 is 0 Å². The lowest BCUT2D eigenvalue weighted by Gasteiger charge is -2.05. The van der Waals surface area contributed by atoms with Crippen molar-refractivity contribution >= 4 is 33.3 Å². The fourth-order valence-corrected chi connectivity index (χ4v) is 3.57. The highest BCUT2D eigenvalue weighted by molar-refractivity contribution is 9.10. The first-order valence-corrected chi connectivity index (χ1v) is 9.27. The average molecular weight is 425 g/mol. The zero-order valence-electron chi connectivity index (χ0n) is 14.8. The van der Waals surface area contributed by atoms with E-state index in [-0.39, 0.29) is 11.8 Å². The van der Waals surface area contributed by atoms with E-state index in [2.05, 4.69) is 41.4 Å². The number of rotatable bonds is 4. The lowest BCUT2D eigenvalue weighted by Crippen LogP contribution is -2.13. The van der Waals surface area contributed by atoms with E-state index in [0.29, 0.717) is 21.6 Å². The molecule has 3 aromatic heterocycles. The fourth-order valence-electron chi connectivity index (χ4n) is 2.76. The molecule has 27 heavy (non-hydrogen) atoms. The molecule has 0 aliphatic carbocycles. The molecule has 136 valence electrons. The van der Waals surface area contributed by atoms with Gasteiger partial charge in [-0.3, -0.25) is 14.3 Å². The Morgan fingerprint density at radius 1 is 1.26 bits per heavy atom. The van der Waals surface area contributed by atoms with Gasteiger partial charge in [0.25, 0.3) is 5.91 Å². The first-order valence-electron chi connectivity index (χ1n) is 8.48. The van der Waals surface area contributed by atoms with E-state index < -0.39 is 0 Å². The number of benzene rings is 1. The number of nitrogens with one attached hydrogen (secondary N) is 2. The van der Waals surface area contributed by atoms with Gasteiger partial charge in [-0.15, -0.1) is 0 Å². The maximum Gasteiger partial charge on any atom is 0.277 e. The number of H-pyrrole nitrogens is 1. The molecule has 0 atom stereocenters. The zero-order chi connectivity index (χ0) is 19.0. The molecule has 0 aliphatic heterocycles. The van der Waals surface area contributed by atoms with Gasteiger partial charge in [-0.2, -0.15) is 5.10 Å². The van der Waals surface area contributed by atoms with Crippen molar-refractivity contribution in [1.29, 1.82) is 0 Å². The second-order valence-corrected chi connectivity index (χ2v) is 7.23. The van der Waals surface area contributed by atoms with Crippen LogP contribution in [0.2, 0.25) is 0 Å². The van der Waals surface area contributed by atoms with Crippen LogP contribution in [0.25, 0.3) is 17.0 Å². The Morgan fingerprint density at radius 3 is 2.70 bits per heavy atom. The minimum absolute atomic E-state index is 0.243. The number of fused-ring (bicyclic) bond motifs is 1. The highest BCUT2D eigenvalue weighted by Gasteiger charge is 2.19. The molecule has 1 aromatic carbocycles. The van der Waals surface area contributed by atoms with E-state index >= 15 is 0 Å². The minimum atomic E-state index is -0.269. The van der Waals surface area contributed by atoms with Crippen molar-refractivity contribution in [2.24, 2.45) is 0 Å². The number of halogens is 1. The first-order chi connectivity index (χ1) is 13.0. The van der Waals surface area contributed by atoms with Crippen LogP contribution in [-0.2, 0) is 0 Å². The second kappa shape index (κ2) is 6.96. The van der Waals surface area contributed by atoms with E-state index in [0.717, 1.165) is 17.0 Å². The van der Waals surface area contributed by atoms with Crippen LogP contribution in [-0.4, -0.2) is 30.5 Å². The van der Waals surface area contributed by atoms with Gasteiger partial charge in [-0.25, -0.2) is 9.97 Å². The van der Waals surface area contributed by atoms with Gasteiger partial charge in [-0.05, 0) is 40.0 Å². The third-order valence-electron chi connectivity index (χ3n) is 4.20. The average Bonchev–Trinajstić information content (AvgIpc) is 3.25. The maximum atomic E-state index is 12.5. The van der Waals surface area contributed by atoms with E-state index in [1.807, 2.05) is 61.0 Å². The van der Waals surface area contributed by atoms with Crippen LogP contribution < -0.4 is 5.32 Å². The Labute approximate surface area is 164 Å². The molecule has 0 spiro atoms. The van der Waals surface area contributed by atoms with Gasteiger partial charge in [-0.1, -0.05) is 26.0 Å². The van der Waals surface area contributed by atoms with Crippen molar-refractivity contribution in [2.75, 3.05) is 5.32 Å². The van der Waals surface area contributed by atoms with Crippen molar-refractivity contribution < 1.29 is 4.79 Å². The minimum Gasteiger partial charge on any atom is -0.321 e. The first kappa shape index (κ1) is 17.4. The number of carbonyl (C=O) groups is 1. The van der Waals surface area contributed by atoms with Gasteiger partial charge in [0.2, 0.25) is 5.78 Å². The predicted molar refractivity (Wildman–Crippen MR) is 107 cm³/mol. The Hall–Kier alpha value is -3.00. The zero-order valence-corrected chi connectivity index (χ0v) is 16.4. The fraction of sp³-hybridized carbons (Fsp3) is 0.158. The summed E-state index contributed by atoms with van der Waals surface area (Å²) < 4.78 is 2.57. The summed E-state index contributed by atoms with van der Waals surface area (Å²) in [6.07, 6.45) is 5.54. The van der Waals surface area contributed by atoms with E-state index in [9.17, 15) is 4.79 Å². The van der Waals surface area contributed by atoms with Crippen LogP contribution in [0.5, 0.6) is 0 Å².